The molecule has 0 aliphatic rings. The van der Waals surface area contributed by atoms with Gasteiger partial charge in [0.1, 0.15) is 18.0 Å². The molecule has 0 aliphatic carbocycles. The van der Waals surface area contributed by atoms with Crippen molar-refractivity contribution in [3.8, 4) is 5.82 Å². The lowest BCUT2D eigenvalue weighted by atomic mass is 10.2. The van der Waals surface area contributed by atoms with Crippen LogP contribution in [0.4, 0.5) is 21.8 Å². The van der Waals surface area contributed by atoms with Crippen LogP contribution in [0, 0.1) is 19.7 Å². The molecule has 0 atom stereocenters. The summed E-state index contributed by atoms with van der Waals surface area (Å²) in [6.07, 6.45) is 5.06. The average molecular weight is 313 g/mol. The first-order valence-electron chi connectivity index (χ1n) is 6.95. The van der Waals surface area contributed by atoms with Crippen molar-refractivity contribution in [2.75, 3.05) is 10.7 Å². The largest absolute Gasteiger partial charge is 0.324 e. The highest BCUT2D eigenvalue weighted by Crippen LogP contribution is 2.24. The molecule has 0 saturated carbocycles. The smallest absolute Gasteiger partial charge is 0.231 e. The summed E-state index contributed by atoms with van der Waals surface area (Å²) in [4.78, 5) is 12.8. The minimum atomic E-state index is -0.336. The minimum Gasteiger partial charge on any atom is -0.324 e. The zero-order valence-corrected chi connectivity index (χ0v) is 12.7. The molecule has 118 valence electrons. The molecule has 0 saturated heterocycles. The van der Waals surface area contributed by atoms with Gasteiger partial charge in [0.25, 0.3) is 0 Å². The predicted molar refractivity (Wildman–Crippen MR) is 86.1 cm³/mol. The fraction of sp³-hybridized carbons (Fsp3) is 0.133. The van der Waals surface area contributed by atoms with Crippen LogP contribution in [-0.2, 0) is 0 Å². The number of hydrazine groups is 1. The van der Waals surface area contributed by atoms with Gasteiger partial charge in [-0.2, -0.15) is 9.97 Å². The highest BCUT2D eigenvalue weighted by Gasteiger charge is 2.12. The van der Waals surface area contributed by atoms with Gasteiger partial charge in [-0.15, -0.1) is 0 Å². The van der Waals surface area contributed by atoms with Crippen molar-refractivity contribution < 1.29 is 4.39 Å². The summed E-state index contributed by atoms with van der Waals surface area (Å²) >= 11 is 0. The van der Waals surface area contributed by atoms with E-state index in [9.17, 15) is 4.39 Å². The molecular weight excluding hydrogens is 297 g/mol. The van der Waals surface area contributed by atoms with Gasteiger partial charge < -0.3 is 10.7 Å². The zero-order valence-electron chi connectivity index (χ0n) is 12.7. The molecule has 0 amide bonds. The zero-order chi connectivity index (χ0) is 16.4. The van der Waals surface area contributed by atoms with Gasteiger partial charge in [0.2, 0.25) is 5.95 Å². The molecule has 4 N–H and O–H groups in total. The molecule has 23 heavy (non-hydrogen) atoms. The molecule has 8 heteroatoms. The van der Waals surface area contributed by atoms with E-state index in [0.717, 1.165) is 11.1 Å². The number of aromatic nitrogens is 4. The van der Waals surface area contributed by atoms with E-state index in [0.29, 0.717) is 23.3 Å². The quantitative estimate of drug-likeness (QED) is 0.506. The lowest BCUT2D eigenvalue weighted by molar-refractivity contribution is 0.628. The van der Waals surface area contributed by atoms with Gasteiger partial charge in [-0.1, -0.05) is 6.07 Å². The second-order valence-corrected chi connectivity index (χ2v) is 5.04. The SMILES string of the molecule is Cc1ccc(F)cc1Nc1nc(NN)c(C)c(-n2ccnc2)n1. The number of benzene rings is 1. The summed E-state index contributed by atoms with van der Waals surface area (Å²) in [7, 11) is 0. The Morgan fingerprint density at radius 3 is 2.74 bits per heavy atom. The van der Waals surface area contributed by atoms with Gasteiger partial charge in [0, 0.05) is 23.6 Å². The Labute approximate surface area is 132 Å². The van der Waals surface area contributed by atoms with E-state index in [-0.39, 0.29) is 5.82 Å². The molecule has 7 nitrogen and oxygen atoms in total. The van der Waals surface area contributed by atoms with E-state index in [4.69, 9.17) is 5.84 Å². The van der Waals surface area contributed by atoms with Crippen molar-refractivity contribution in [2.45, 2.75) is 13.8 Å². The van der Waals surface area contributed by atoms with E-state index in [1.165, 1.54) is 12.1 Å². The summed E-state index contributed by atoms with van der Waals surface area (Å²) in [5.41, 5.74) is 4.79. The Bertz CT molecular complexity index is 830. The third kappa shape index (κ3) is 2.97. The van der Waals surface area contributed by atoms with Crippen LogP contribution in [0.3, 0.4) is 0 Å². The Morgan fingerprint density at radius 2 is 2.04 bits per heavy atom. The summed E-state index contributed by atoms with van der Waals surface area (Å²) in [6.45, 7) is 3.72. The Morgan fingerprint density at radius 1 is 1.22 bits per heavy atom. The van der Waals surface area contributed by atoms with Crippen molar-refractivity contribution >= 4 is 17.5 Å². The van der Waals surface area contributed by atoms with Crippen molar-refractivity contribution in [1.82, 2.24) is 19.5 Å². The molecule has 3 aromatic rings. The third-order valence-corrected chi connectivity index (χ3v) is 3.45. The van der Waals surface area contributed by atoms with Crippen LogP contribution in [0.5, 0.6) is 0 Å². The number of nitrogens with zero attached hydrogens (tertiary/aromatic N) is 4. The molecule has 0 fully saturated rings. The van der Waals surface area contributed by atoms with Crippen molar-refractivity contribution in [2.24, 2.45) is 5.84 Å². The number of nitrogen functional groups attached to an aromatic ring is 1. The number of rotatable bonds is 4. The van der Waals surface area contributed by atoms with Crippen molar-refractivity contribution in [3.63, 3.8) is 0 Å². The highest BCUT2D eigenvalue weighted by molar-refractivity contribution is 5.62. The van der Waals surface area contributed by atoms with E-state index in [1.807, 2.05) is 13.8 Å². The second kappa shape index (κ2) is 6.01. The molecule has 0 radical (unpaired) electrons. The molecule has 1 aromatic carbocycles. The van der Waals surface area contributed by atoms with Crippen LogP contribution in [-0.4, -0.2) is 19.5 Å². The van der Waals surface area contributed by atoms with Crippen LogP contribution in [0.15, 0.2) is 36.9 Å². The predicted octanol–water partition coefficient (Wildman–Crippen LogP) is 2.45. The Kier molecular flexibility index (Phi) is 3.90. The lowest BCUT2D eigenvalue weighted by Crippen LogP contribution is -2.14. The Hall–Kier alpha value is -3.00. The molecule has 0 spiro atoms. The first-order chi connectivity index (χ1) is 11.1. The summed E-state index contributed by atoms with van der Waals surface area (Å²) in [5.74, 6) is 6.61. The van der Waals surface area contributed by atoms with Crippen molar-refractivity contribution in [3.05, 3.63) is 53.9 Å². The van der Waals surface area contributed by atoms with Gasteiger partial charge in [0.15, 0.2) is 5.82 Å². The molecule has 0 unspecified atom stereocenters. The van der Waals surface area contributed by atoms with Crippen LogP contribution >= 0.6 is 0 Å². The molecular formula is C15H16FN7. The monoisotopic (exact) mass is 313 g/mol. The summed E-state index contributed by atoms with van der Waals surface area (Å²) in [5, 5.41) is 3.03. The third-order valence-electron chi connectivity index (χ3n) is 3.45. The molecule has 2 heterocycles. The van der Waals surface area contributed by atoms with E-state index in [1.54, 1.807) is 29.4 Å². The van der Waals surface area contributed by atoms with Crippen LogP contribution < -0.4 is 16.6 Å². The number of imidazole rings is 1. The standard InChI is InChI=1S/C15H16FN7/c1-9-3-4-11(16)7-12(9)19-15-20-13(22-17)10(2)14(21-15)23-6-5-18-8-23/h3-8H,17H2,1-2H3,(H2,19,20,21,22). The van der Waals surface area contributed by atoms with Crippen LogP contribution in [0.25, 0.3) is 5.82 Å². The number of hydrogen-bond donors (Lipinski definition) is 3. The van der Waals surface area contributed by atoms with Crippen LogP contribution in [0.1, 0.15) is 11.1 Å². The average Bonchev–Trinajstić information content (AvgIpc) is 3.06. The number of nitrogens with one attached hydrogen (secondary N) is 2. The number of nitrogens with two attached hydrogens (primary N) is 1. The molecule has 2 aromatic heterocycles. The fourth-order valence-electron chi connectivity index (χ4n) is 2.19. The van der Waals surface area contributed by atoms with E-state index >= 15 is 0 Å². The minimum absolute atomic E-state index is 0.306. The highest BCUT2D eigenvalue weighted by atomic mass is 19.1. The number of aryl methyl sites for hydroxylation is 1. The maximum Gasteiger partial charge on any atom is 0.231 e. The fourth-order valence-corrected chi connectivity index (χ4v) is 2.19. The topological polar surface area (TPSA) is 93.7 Å². The van der Waals surface area contributed by atoms with E-state index < -0.39 is 0 Å². The number of halogens is 1. The van der Waals surface area contributed by atoms with Gasteiger partial charge >= 0.3 is 0 Å². The van der Waals surface area contributed by atoms with Gasteiger partial charge in [0.05, 0.1) is 0 Å². The lowest BCUT2D eigenvalue weighted by Gasteiger charge is -2.14. The maximum absolute atomic E-state index is 13.4. The summed E-state index contributed by atoms with van der Waals surface area (Å²) in [6, 6.07) is 4.48. The molecule has 3 rings (SSSR count). The first-order valence-corrected chi connectivity index (χ1v) is 6.95. The normalized spacial score (nSPS) is 10.6. The van der Waals surface area contributed by atoms with E-state index in [2.05, 4.69) is 25.7 Å². The number of anilines is 3. The second-order valence-electron chi connectivity index (χ2n) is 5.04. The van der Waals surface area contributed by atoms with Gasteiger partial charge in [-0.3, -0.25) is 4.57 Å². The molecule has 0 bridgehead atoms. The molecule has 0 aliphatic heterocycles. The van der Waals surface area contributed by atoms with Gasteiger partial charge in [-0.05, 0) is 31.5 Å². The maximum atomic E-state index is 13.4. The van der Waals surface area contributed by atoms with Crippen molar-refractivity contribution in [1.29, 1.82) is 0 Å². The van der Waals surface area contributed by atoms with Crippen LogP contribution in [0.2, 0.25) is 0 Å². The van der Waals surface area contributed by atoms with Gasteiger partial charge in [-0.25, -0.2) is 15.2 Å². The Balaban J connectivity index is 2.06. The number of hydrogen-bond acceptors (Lipinski definition) is 6. The summed E-state index contributed by atoms with van der Waals surface area (Å²) < 4.78 is 15.2. The first kappa shape index (κ1) is 14.9.